The highest BCUT2D eigenvalue weighted by Crippen LogP contribution is 2.43. The van der Waals surface area contributed by atoms with Crippen LogP contribution in [0.4, 0.5) is 0 Å². The van der Waals surface area contributed by atoms with Crippen LogP contribution in [0.1, 0.15) is 16.7 Å². The van der Waals surface area contributed by atoms with E-state index in [4.69, 9.17) is 16.7 Å². The summed E-state index contributed by atoms with van der Waals surface area (Å²) < 4.78 is 2.92. The van der Waals surface area contributed by atoms with E-state index >= 15 is 0 Å². The molecule has 0 aliphatic rings. The Bertz CT molecular complexity index is 1210. The van der Waals surface area contributed by atoms with Crippen LogP contribution < -0.4 is 0 Å². The monoisotopic (exact) mass is 521 g/mol. The zero-order chi connectivity index (χ0) is 20.6. The van der Waals surface area contributed by atoms with Gasteiger partial charge in [0.25, 0.3) is 0 Å². The van der Waals surface area contributed by atoms with Gasteiger partial charge in [-0.15, -0.1) is 0 Å². The van der Waals surface area contributed by atoms with Gasteiger partial charge < -0.3 is 0 Å². The van der Waals surface area contributed by atoms with Crippen molar-refractivity contribution >= 4 is 45.1 Å². The number of benzene rings is 3. The zero-order valence-corrected chi connectivity index (χ0v) is 18.8. The molecule has 0 N–H and O–H groups in total. The lowest BCUT2D eigenvalue weighted by Gasteiger charge is -2.37. The van der Waals surface area contributed by atoms with Gasteiger partial charge in [-0.2, -0.15) is 5.10 Å². The highest BCUT2D eigenvalue weighted by molar-refractivity contribution is 14.1. The molecule has 3 nitrogen and oxygen atoms in total. The maximum Gasteiger partial charge on any atom is 0.141 e. The Morgan fingerprint density at radius 3 is 1.63 bits per heavy atom. The van der Waals surface area contributed by atoms with Gasteiger partial charge in [-0.05, 0) is 45.3 Å². The fourth-order valence-electron chi connectivity index (χ4n) is 4.15. The average Bonchev–Trinajstić information content (AvgIpc) is 3.15. The predicted molar refractivity (Wildman–Crippen MR) is 130 cm³/mol. The lowest BCUT2D eigenvalue weighted by atomic mass is 9.77. The molecule has 146 valence electrons. The number of nitrogens with zero attached hydrogens (tertiary/aromatic N) is 3. The predicted octanol–water partition coefficient (Wildman–Crippen LogP) is 6.53. The summed E-state index contributed by atoms with van der Waals surface area (Å²) in [5.41, 5.74) is 3.63. The summed E-state index contributed by atoms with van der Waals surface area (Å²) in [6.07, 6.45) is 1.74. The number of halogens is 2. The highest BCUT2D eigenvalue weighted by Gasteiger charge is 2.40. The van der Waals surface area contributed by atoms with Crippen molar-refractivity contribution in [1.29, 1.82) is 0 Å². The van der Waals surface area contributed by atoms with Gasteiger partial charge in [0.2, 0.25) is 0 Å². The molecule has 5 heteroatoms. The fraction of sp³-hybridized carbons (Fsp3) is 0.0400. The van der Waals surface area contributed by atoms with Gasteiger partial charge in [0.1, 0.15) is 14.4 Å². The van der Waals surface area contributed by atoms with Crippen molar-refractivity contribution in [1.82, 2.24) is 14.8 Å². The van der Waals surface area contributed by atoms with Crippen LogP contribution in [0, 0.1) is 3.70 Å². The highest BCUT2D eigenvalue weighted by atomic mass is 127. The normalized spacial score (nSPS) is 11.7. The second kappa shape index (κ2) is 7.85. The molecule has 0 saturated heterocycles. The molecular weight excluding hydrogens is 505 g/mol. The first-order valence-electron chi connectivity index (χ1n) is 9.58. The minimum Gasteiger partial charge on any atom is -0.244 e. The summed E-state index contributed by atoms with van der Waals surface area (Å²) in [5.74, 6) is 0. The third-order valence-electron chi connectivity index (χ3n) is 5.40. The largest absolute Gasteiger partial charge is 0.244 e. The summed E-state index contributed by atoms with van der Waals surface area (Å²) in [6, 6.07) is 33.5. The van der Waals surface area contributed by atoms with E-state index in [0.29, 0.717) is 5.15 Å². The van der Waals surface area contributed by atoms with Crippen LogP contribution >= 0.6 is 34.2 Å². The molecule has 0 spiro atoms. The van der Waals surface area contributed by atoms with Crippen LogP contribution in [-0.4, -0.2) is 14.8 Å². The van der Waals surface area contributed by atoms with Crippen molar-refractivity contribution in [2.24, 2.45) is 0 Å². The summed E-state index contributed by atoms with van der Waals surface area (Å²) >= 11 is 8.74. The van der Waals surface area contributed by atoms with Crippen molar-refractivity contribution in [2.75, 3.05) is 0 Å². The third-order valence-corrected chi connectivity index (χ3v) is 6.44. The van der Waals surface area contributed by atoms with Crippen molar-refractivity contribution in [3.8, 4) is 0 Å². The first kappa shape index (κ1) is 19.3. The van der Waals surface area contributed by atoms with Crippen LogP contribution in [-0.2, 0) is 5.54 Å². The molecule has 0 aliphatic carbocycles. The molecule has 3 aromatic carbocycles. The lowest BCUT2D eigenvalue weighted by Crippen LogP contribution is -2.38. The van der Waals surface area contributed by atoms with Gasteiger partial charge in [0.05, 0.1) is 10.9 Å². The quantitative estimate of drug-likeness (QED) is 0.153. The van der Waals surface area contributed by atoms with Crippen LogP contribution in [0.15, 0.2) is 103 Å². The van der Waals surface area contributed by atoms with Crippen LogP contribution in [0.2, 0.25) is 5.15 Å². The van der Waals surface area contributed by atoms with Gasteiger partial charge in [0.15, 0.2) is 0 Å². The van der Waals surface area contributed by atoms with Gasteiger partial charge in [-0.25, -0.2) is 9.67 Å². The van der Waals surface area contributed by atoms with Gasteiger partial charge in [0, 0.05) is 6.20 Å². The Labute approximate surface area is 193 Å². The molecule has 0 fully saturated rings. The van der Waals surface area contributed by atoms with E-state index in [9.17, 15) is 0 Å². The number of rotatable bonds is 4. The Hall–Kier alpha value is -2.70. The van der Waals surface area contributed by atoms with Crippen molar-refractivity contribution in [3.05, 3.63) is 129 Å². The molecule has 0 aliphatic heterocycles. The Morgan fingerprint density at radius 1 is 0.700 bits per heavy atom. The molecule has 5 aromatic rings. The van der Waals surface area contributed by atoms with E-state index < -0.39 is 5.54 Å². The number of fused-ring (bicyclic) bond motifs is 1. The molecule has 2 heterocycles. The topological polar surface area (TPSA) is 30.7 Å². The molecule has 0 amide bonds. The fourth-order valence-corrected chi connectivity index (χ4v) is 5.30. The number of hydrogen-bond acceptors (Lipinski definition) is 2. The van der Waals surface area contributed by atoms with E-state index in [2.05, 4.69) is 105 Å². The van der Waals surface area contributed by atoms with Crippen LogP contribution in [0.3, 0.4) is 0 Å². The molecule has 0 unspecified atom stereocenters. The smallest absolute Gasteiger partial charge is 0.141 e. The first-order chi connectivity index (χ1) is 14.7. The van der Waals surface area contributed by atoms with E-state index in [-0.39, 0.29) is 0 Å². The summed E-state index contributed by atoms with van der Waals surface area (Å²) in [6.45, 7) is 0. The van der Waals surface area contributed by atoms with Crippen LogP contribution in [0.5, 0.6) is 0 Å². The number of aromatic nitrogens is 3. The van der Waals surface area contributed by atoms with Gasteiger partial charge in [-0.1, -0.05) is 103 Å². The first-order valence-corrected chi connectivity index (χ1v) is 11.0. The minimum absolute atomic E-state index is 0.464. The van der Waals surface area contributed by atoms with E-state index in [1.165, 1.54) is 0 Å². The molecule has 2 aromatic heterocycles. The maximum absolute atomic E-state index is 6.49. The maximum atomic E-state index is 6.49. The van der Waals surface area contributed by atoms with Crippen LogP contribution in [0.25, 0.3) is 10.9 Å². The molecule has 0 bridgehead atoms. The molecule has 0 atom stereocenters. The molecule has 0 saturated carbocycles. The average molecular weight is 522 g/mol. The second-order valence-corrected chi connectivity index (χ2v) is 8.39. The van der Waals surface area contributed by atoms with Gasteiger partial charge >= 0.3 is 0 Å². The summed E-state index contributed by atoms with van der Waals surface area (Å²) in [4.78, 5) is 4.29. The minimum atomic E-state index is -0.671. The lowest BCUT2D eigenvalue weighted by molar-refractivity contribution is 0.473. The van der Waals surface area contributed by atoms with E-state index in [1.807, 2.05) is 24.3 Å². The Morgan fingerprint density at radius 2 is 1.17 bits per heavy atom. The molecule has 30 heavy (non-hydrogen) atoms. The third kappa shape index (κ3) is 2.94. The SMILES string of the molecule is Clc1nccc2c1c(I)nn2C(c1ccccc1)(c1ccccc1)c1ccccc1. The molecule has 0 radical (unpaired) electrons. The molecule has 5 rings (SSSR count). The Kier molecular flexibility index (Phi) is 5.05. The summed E-state index contributed by atoms with van der Waals surface area (Å²) in [5, 5.41) is 6.36. The van der Waals surface area contributed by atoms with Crippen molar-refractivity contribution in [3.63, 3.8) is 0 Å². The standard InChI is InChI=1S/C25H17ClIN3/c26-23-22-21(16-17-28-23)30(29-24(22)27)25(18-10-4-1-5-11-18,19-12-6-2-7-13-19)20-14-8-3-9-15-20/h1-17H. The van der Waals surface area contributed by atoms with Gasteiger partial charge in [-0.3, -0.25) is 0 Å². The van der Waals surface area contributed by atoms with Crippen molar-refractivity contribution < 1.29 is 0 Å². The zero-order valence-electron chi connectivity index (χ0n) is 15.9. The van der Waals surface area contributed by atoms with E-state index in [0.717, 1.165) is 31.3 Å². The summed E-state index contributed by atoms with van der Waals surface area (Å²) in [7, 11) is 0. The Balaban J connectivity index is 2.00. The second-order valence-electron chi connectivity index (χ2n) is 7.01. The number of hydrogen-bond donors (Lipinski definition) is 0. The number of pyridine rings is 1. The van der Waals surface area contributed by atoms with Crippen molar-refractivity contribution in [2.45, 2.75) is 5.54 Å². The molecular formula is C25H17ClIN3. The van der Waals surface area contributed by atoms with E-state index in [1.54, 1.807) is 6.20 Å².